The lowest BCUT2D eigenvalue weighted by molar-refractivity contribution is 0.625. The summed E-state index contributed by atoms with van der Waals surface area (Å²) in [5.41, 5.74) is 4.59. The minimum Gasteiger partial charge on any atom is -0.364 e. The Bertz CT molecular complexity index is 804. The van der Waals surface area contributed by atoms with Crippen LogP contribution in [0.2, 0.25) is 0 Å². The van der Waals surface area contributed by atoms with E-state index >= 15 is 0 Å². The second-order valence-corrected chi connectivity index (χ2v) is 6.72. The van der Waals surface area contributed by atoms with E-state index in [4.69, 9.17) is 0 Å². The van der Waals surface area contributed by atoms with Crippen molar-refractivity contribution in [2.45, 2.75) is 19.9 Å². The first-order valence-electron chi connectivity index (χ1n) is 9.34. The summed E-state index contributed by atoms with van der Waals surface area (Å²) in [6.07, 6.45) is 5.21. The summed E-state index contributed by atoms with van der Waals surface area (Å²) in [6, 6.07) is 13.6. The topological polar surface area (TPSA) is 39.7 Å². The monoisotopic (exact) mass is 366 g/mol. The van der Waals surface area contributed by atoms with E-state index in [1.165, 1.54) is 17.3 Å². The lowest BCUT2D eigenvalue weighted by Crippen LogP contribution is -2.37. The normalized spacial score (nSPS) is 13.9. The molecule has 0 unspecified atom stereocenters. The first-order chi connectivity index (χ1) is 13.2. The average molecular weight is 366 g/mol. The molecule has 3 rings (SSSR count). The van der Waals surface area contributed by atoms with Crippen molar-refractivity contribution < 1.29 is 4.39 Å². The summed E-state index contributed by atoms with van der Waals surface area (Å²) >= 11 is 0. The molecule has 0 fully saturated rings. The van der Waals surface area contributed by atoms with Gasteiger partial charge in [0.05, 0.1) is 0 Å². The van der Waals surface area contributed by atoms with Gasteiger partial charge in [-0.3, -0.25) is 4.99 Å². The van der Waals surface area contributed by atoms with E-state index in [9.17, 15) is 4.39 Å². The van der Waals surface area contributed by atoms with Gasteiger partial charge in [0, 0.05) is 38.9 Å². The Kier molecular flexibility index (Phi) is 6.47. The summed E-state index contributed by atoms with van der Waals surface area (Å²) in [5, 5.41) is 6.65. The maximum absolute atomic E-state index is 13.2. The molecule has 27 heavy (non-hydrogen) atoms. The molecule has 4 nitrogen and oxygen atoms in total. The van der Waals surface area contributed by atoms with Gasteiger partial charge in [0.15, 0.2) is 5.96 Å². The lowest BCUT2D eigenvalue weighted by atomic mass is 10.1. The number of benzene rings is 2. The number of aliphatic imine (C=N–C) groups is 1. The van der Waals surface area contributed by atoms with E-state index < -0.39 is 0 Å². The summed E-state index contributed by atoms with van der Waals surface area (Å²) in [6.45, 7) is 5.37. The van der Waals surface area contributed by atoms with Gasteiger partial charge in [0.2, 0.25) is 0 Å². The molecule has 142 valence electrons. The van der Waals surface area contributed by atoms with Crippen molar-refractivity contribution in [3.63, 3.8) is 0 Å². The number of hydrogen-bond acceptors (Lipinski definition) is 2. The zero-order chi connectivity index (χ0) is 19.1. The first-order valence-corrected chi connectivity index (χ1v) is 9.34. The Morgan fingerprint density at radius 1 is 1.07 bits per heavy atom. The van der Waals surface area contributed by atoms with Gasteiger partial charge < -0.3 is 15.5 Å². The van der Waals surface area contributed by atoms with E-state index in [0.717, 1.165) is 43.1 Å². The number of rotatable bonds is 6. The molecule has 2 aromatic carbocycles. The SMILES string of the molecule is CN=C(NCCc1ccc(F)cc1C)NCc1ccc(N2CC=CC2)cc1. The van der Waals surface area contributed by atoms with Crippen molar-refractivity contribution >= 4 is 11.6 Å². The molecule has 0 bridgehead atoms. The van der Waals surface area contributed by atoms with Crippen molar-refractivity contribution in [1.29, 1.82) is 0 Å². The minimum atomic E-state index is -0.186. The molecule has 1 aliphatic heterocycles. The molecule has 1 aliphatic rings. The fourth-order valence-corrected chi connectivity index (χ4v) is 3.18. The number of nitrogens with one attached hydrogen (secondary N) is 2. The maximum atomic E-state index is 13.2. The molecule has 0 aromatic heterocycles. The molecule has 5 heteroatoms. The smallest absolute Gasteiger partial charge is 0.191 e. The van der Waals surface area contributed by atoms with Crippen LogP contribution in [0, 0.1) is 12.7 Å². The predicted molar refractivity (Wildman–Crippen MR) is 111 cm³/mol. The van der Waals surface area contributed by atoms with Crippen LogP contribution in [0.25, 0.3) is 0 Å². The van der Waals surface area contributed by atoms with Crippen molar-refractivity contribution in [2.75, 3.05) is 31.6 Å². The Labute approximate surface area is 160 Å². The Morgan fingerprint density at radius 3 is 2.48 bits per heavy atom. The highest BCUT2D eigenvalue weighted by molar-refractivity contribution is 5.79. The van der Waals surface area contributed by atoms with Crippen molar-refractivity contribution in [2.24, 2.45) is 4.99 Å². The molecule has 0 aliphatic carbocycles. The molecule has 2 aromatic rings. The third-order valence-electron chi connectivity index (χ3n) is 4.79. The molecule has 0 saturated heterocycles. The van der Waals surface area contributed by atoms with E-state index in [1.54, 1.807) is 13.1 Å². The summed E-state index contributed by atoms with van der Waals surface area (Å²) in [5.74, 6) is 0.580. The van der Waals surface area contributed by atoms with Crippen molar-refractivity contribution in [3.05, 3.63) is 77.1 Å². The molecule has 0 amide bonds. The van der Waals surface area contributed by atoms with E-state index in [-0.39, 0.29) is 5.82 Å². The standard InChI is InChI=1S/C22H27FN4/c1-17-15-20(23)8-7-19(17)11-12-25-22(24-2)26-16-18-5-9-21(10-6-18)27-13-3-4-14-27/h3-10,15H,11-14,16H2,1-2H3,(H2,24,25,26). The van der Waals surface area contributed by atoms with Gasteiger partial charge in [-0.15, -0.1) is 0 Å². The second-order valence-electron chi connectivity index (χ2n) is 6.72. The van der Waals surface area contributed by atoms with Crippen LogP contribution in [0.3, 0.4) is 0 Å². The van der Waals surface area contributed by atoms with Crippen LogP contribution in [0.1, 0.15) is 16.7 Å². The fraction of sp³-hybridized carbons (Fsp3) is 0.318. The second kappa shape index (κ2) is 9.21. The maximum Gasteiger partial charge on any atom is 0.191 e. The fourth-order valence-electron chi connectivity index (χ4n) is 3.18. The zero-order valence-electron chi connectivity index (χ0n) is 16.0. The van der Waals surface area contributed by atoms with Gasteiger partial charge in [-0.1, -0.05) is 30.4 Å². The summed E-state index contributed by atoms with van der Waals surface area (Å²) < 4.78 is 13.2. The molecule has 2 N–H and O–H groups in total. The van der Waals surface area contributed by atoms with Gasteiger partial charge in [0.1, 0.15) is 5.82 Å². The molecular formula is C22H27FN4. The largest absolute Gasteiger partial charge is 0.364 e. The number of anilines is 1. The van der Waals surface area contributed by atoms with Crippen molar-refractivity contribution in [3.8, 4) is 0 Å². The number of hydrogen-bond donors (Lipinski definition) is 2. The zero-order valence-corrected chi connectivity index (χ0v) is 16.0. The van der Waals surface area contributed by atoms with Gasteiger partial charge in [-0.05, 0) is 54.3 Å². The lowest BCUT2D eigenvalue weighted by Gasteiger charge is -2.18. The molecular weight excluding hydrogens is 339 g/mol. The summed E-state index contributed by atoms with van der Waals surface area (Å²) in [7, 11) is 1.77. The van der Waals surface area contributed by atoms with Crippen LogP contribution < -0.4 is 15.5 Å². The Morgan fingerprint density at radius 2 is 1.81 bits per heavy atom. The molecule has 0 radical (unpaired) electrons. The minimum absolute atomic E-state index is 0.186. The van der Waals surface area contributed by atoms with Crippen LogP contribution in [0.4, 0.5) is 10.1 Å². The Balaban J connectivity index is 1.44. The van der Waals surface area contributed by atoms with E-state index in [1.807, 2.05) is 13.0 Å². The highest BCUT2D eigenvalue weighted by atomic mass is 19.1. The van der Waals surface area contributed by atoms with Crippen LogP contribution in [0.5, 0.6) is 0 Å². The number of guanidine groups is 1. The Hall–Kier alpha value is -2.82. The third-order valence-corrected chi connectivity index (χ3v) is 4.79. The predicted octanol–water partition coefficient (Wildman–Crippen LogP) is 3.42. The van der Waals surface area contributed by atoms with Crippen LogP contribution in [-0.4, -0.2) is 32.6 Å². The van der Waals surface area contributed by atoms with Gasteiger partial charge in [-0.2, -0.15) is 0 Å². The highest BCUT2D eigenvalue weighted by Crippen LogP contribution is 2.17. The summed E-state index contributed by atoms with van der Waals surface area (Å²) in [4.78, 5) is 6.60. The average Bonchev–Trinajstić information content (AvgIpc) is 3.21. The first kappa shape index (κ1) is 19.0. The number of aryl methyl sites for hydroxylation is 1. The van der Waals surface area contributed by atoms with E-state index in [2.05, 4.69) is 56.9 Å². The number of halogens is 1. The van der Waals surface area contributed by atoms with Crippen molar-refractivity contribution in [1.82, 2.24) is 10.6 Å². The quantitative estimate of drug-likeness (QED) is 0.468. The van der Waals surface area contributed by atoms with E-state index in [0.29, 0.717) is 6.54 Å². The molecule has 0 spiro atoms. The number of nitrogens with zero attached hydrogens (tertiary/aromatic N) is 2. The van der Waals surface area contributed by atoms with Gasteiger partial charge >= 0.3 is 0 Å². The van der Waals surface area contributed by atoms with Crippen LogP contribution >= 0.6 is 0 Å². The highest BCUT2D eigenvalue weighted by Gasteiger charge is 2.07. The van der Waals surface area contributed by atoms with Gasteiger partial charge in [0.25, 0.3) is 0 Å². The molecule has 1 heterocycles. The molecule has 0 atom stereocenters. The van der Waals surface area contributed by atoms with Crippen LogP contribution in [0.15, 0.2) is 59.6 Å². The van der Waals surface area contributed by atoms with Gasteiger partial charge in [-0.25, -0.2) is 4.39 Å². The van der Waals surface area contributed by atoms with Crippen LogP contribution in [-0.2, 0) is 13.0 Å². The third kappa shape index (κ3) is 5.33. The molecule has 0 saturated carbocycles.